The third-order valence-corrected chi connectivity index (χ3v) is 6.86. The van der Waals surface area contributed by atoms with Gasteiger partial charge in [-0.15, -0.1) is 24.8 Å². The van der Waals surface area contributed by atoms with E-state index >= 15 is 0 Å². The van der Waals surface area contributed by atoms with Gasteiger partial charge in [-0.3, -0.25) is 9.69 Å². The highest BCUT2D eigenvalue weighted by atomic mass is 35.5. The molecule has 0 radical (unpaired) electrons. The molecule has 0 aliphatic carbocycles. The molecule has 2 aromatic carbocycles. The molecule has 34 heavy (non-hydrogen) atoms. The van der Waals surface area contributed by atoms with Crippen molar-refractivity contribution in [1.82, 2.24) is 9.47 Å². The van der Waals surface area contributed by atoms with Crippen LogP contribution in [0.1, 0.15) is 35.3 Å². The summed E-state index contributed by atoms with van der Waals surface area (Å²) in [7, 11) is 3.63. The van der Waals surface area contributed by atoms with E-state index in [1.54, 1.807) is 12.0 Å². The molecule has 2 aliphatic heterocycles. The largest absolute Gasteiger partial charge is 0.493 e. The molecule has 1 saturated heterocycles. The van der Waals surface area contributed by atoms with E-state index in [1.165, 1.54) is 19.3 Å². The second-order valence-electron chi connectivity index (χ2n) is 8.52. The molecule has 5 rings (SSSR count). The summed E-state index contributed by atoms with van der Waals surface area (Å²) in [5.41, 5.74) is 3.54. The van der Waals surface area contributed by atoms with Gasteiger partial charge in [-0.05, 0) is 56.3 Å². The average Bonchev–Trinajstić information content (AvgIpc) is 3.29. The van der Waals surface area contributed by atoms with E-state index < -0.39 is 0 Å². The lowest BCUT2D eigenvalue weighted by molar-refractivity contribution is 0.0998. The maximum Gasteiger partial charge on any atom is 0.261 e. The number of benzene rings is 2. The van der Waals surface area contributed by atoms with Crippen LogP contribution in [0.25, 0.3) is 10.9 Å². The van der Waals surface area contributed by atoms with Gasteiger partial charge >= 0.3 is 0 Å². The van der Waals surface area contributed by atoms with Crippen molar-refractivity contribution in [2.24, 2.45) is 7.05 Å². The molecule has 0 unspecified atom stereocenters. The molecule has 0 spiro atoms. The number of rotatable bonds is 6. The molecule has 1 amide bonds. The van der Waals surface area contributed by atoms with E-state index in [0.717, 1.165) is 47.5 Å². The van der Waals surface area contributed by atoms with Crippen LogP contribution in [-0.2, 0) is 13.6 Å². The Kier molecular flexibility index (Phi) is 8.63. The van der Waals surface area contributed by atoms with Crippen LogP contribution in [0.4, 0.5) is 5.69 Å². The van der Waals surface area contributed by atoms with E-state index in [4.69, 9.17) is 21.1 Å². The number of anilines is 1. The second kappa shape index (κ2) is 11.1. The van der Waals surface area contributed by atoms with Gasteiger partial charge in [-0.1, -0.05) is 18.0 Å². The van der Waals surface area contributed by atoms with Gasteiger partial charge in [0.05, 0.1) is 24.9 Å². The number of halogens is 3. The number of amides is 1. The van der Waals surface area contributed by atoms with Crippen LogP contribution in [-0.4, -0.2) is 48.7 Å². The number of aromatic nitrogens is 1. The van der Waals surface area contributed by atoms with Gasteiger partial charge in [-0.25, -0.2) is 0 Å². The van der Waals surface area contributed by atoms with Crippen LogP contribution in [0.15, 0.2) is 36.4 Å². The minimum absolute atomic E-state index is 0. The standard InChI is InChI=1S/C25H28ClN3O3.2ClH/c1-27-20-8-6-17(26)14-19(20)24-21(27)16-29(25(24)30)18-7-9-22(31-2)23(15-18)32-13-12-28-10-4-3-5-11-28;;/h6-9,14-15H,3-5,10-13,16H2,1-2H3;2*1H. The van der Waals surface area contributed by atoms with Crippen molar-refractivity contribution in [3.8, 4) is 11.5 Å². The van der Waals surface area contributed by atoms with Gasteiger partial charge in [-0.2, -0.15) is 0 Å². The number of aryl methyl sites for hydroxylation is 1. The molecule has 0 atom stereocenters. The zero-order valence-corrected chi connectivity index (χ0v) is 21.8. The molecular weight excluding hydrogens is 497 g/mol. The third-order valence-electron chi connectivity index (χ3n) is 6.62. The normalized spacial score (nSPS) is 15.6. The fourth-order valence-corrected chi connectivity index (χ4v) is 5.04. The Morgan fingerprint density at radius 2 is 1.76 bits per heavy atom. The topological polar surface area (TPSA) is 46.9 Å². The van der Waals surface area contributed by atoms with Crippen LogP contribution in [0.3, 0.4) is 0 Å². The van der Waals surface area contributed by atoms with Crippen LogP contribution in [0, 0.1) is 0 Å². The third kappa shape index (κ3) is 4.82. The van der Waals surface area contributed by atoms with E-state index in [2.05, 4.69) is 9.47 Å². The minimum Gasteiger partial charge on any atom is -0.493 e. The van der Waals surface area contributed by atoms with Gasteiger partial charge in [0, 0.05) is 41.3 Å². The van der Waals surface area contributed by atoms with Crippen LogP contribution in [0.2, 0.25) is 5.02 Å². The Labute approximate surface area is 217 Å². The van der Waals surface area contributed by atoms with E-state index in [0.29, 0.717) is 29.7 Å². The number of hydrogen-bond acceptors (Lipinski definition) is 4. The number of carbonyl (C=O) groups excluding carboxylic acids is 1. The predicted octanol–water partition coefficient (Wildman–Crippen LogP) is 5.71. The molecule has 3 heterocycles. The lowest BCUT2D eigenvalue weighted by atomic mass is 10.1. The van der Waals surface area contributed by atoms with Crippen molar-refractivity contribution >= 4 is 58.9 Å². The predicted molar refractivity (Wildman–Crippen MR) is 142 cm³/mol. The quantitative estimate of drug-likeness (QED) is 0.413. The zero-order valence-electron chi connectivity index (χ0n) is 19.4. The van der Waals surface area contributed by atoms with E-state index in [9.17, 15) is 4.79 Å². The summed E-state index contributed by atoms with van der Waals surface area (Å²) < 4.78 is 13.7. The van der Waals surface area contributed by atoms with Gasteiger partial charge < -0.3 is 18.9 Å². The Morgan fingerprint density at radius 3 is 2.50 bits per heavy atom. The number of fused-ring (bicyclic) bond motifs is 3. The molecule has 0 N–H and O–H groups in total. The number of ether oxygens (including phenoxy) is 2. The maximum absolute atomic E-state index is 13.4. The Morgan fingerprint density at radius 1 is 1.00 bits per heavy atom. The maximum atomic E-state index is 13.4. The number of piperidine rings is 1. The minimum atomic E-state index is -0.0164. The van der Waals surface area contributed by atoms with Crippen LogP contribution < -0.4 is 14.4 Å². The van der Waals surface area contributed by atoms with Gasteiger partial charge in [0.1, 0.15) is 6.61 Å². The SMILES string of the molecule is COc1ccc(N2Cc3c(c4cc(Cl)ccc4n3C)C2=O)cc1OCCN1CCCCC1.Cl.Cl. The first-order chi connectivity index (χ1) is 15.6. The average molecular weight is 527 g/mol. The first-order valence-corrected chi connectivity index (χ1v) is 11.6. The highest BCUT2D eigenvalue weighted by molar-refractivity contribution is 6.32. The van der Waals surface area contributed by atoms with Crippen LogP contribution >= 0.6 is 36.4 Å². The van der Waals surface area contributed by atoms with Crippen molar-refractivity contribution in [2.45, 2.75) is 25.8 Å². The van der Waals surface area contributed by atoms with Crippen molar-refractivity contribution in [3.63, 3.8) is 0 Å². The number of hydrogen-bond donors (Lipinski definition) is 0. The summed E-state index contributed by atoms with van der Waals surface area (Å²) in [6.45, 7) is 4.28. The van der Waals surface area contributed by atoms with Crippen LogP contribution in [0.5, 0.6) is 11.5 Å². The summed E-state index contributed by atoms with van der Waals surface area (Å²) in [4.78, 5) is 17.6. The molecule has 1 aromatic heterocycles. The molecule has 3 aromatic rings. The van der Waals surface area contributed by atoms with Crippen molar-refractivity contribution in [2.75, 3.05) is 38.3 Å². The monoisotopic (exact) mass is 525 g/mol. The summed E-state index contributed by atoms with van der Waals surface area (Å²) in [6, 6.07) is 11.4. The fraction of sp³-hybridized carbons (Fsp3) is 0.400. The molecule has 0 bridgehead atoms. The summed E-state index contributed by atoms with van der Waals surface area (Å²) in [5, 5.41) is 1.53. The molecule has 184 valence electrons. The van der Waals surface area contributed by atoms with Gasteiger partial charge in [0.15, 0.2) is 11.5 Å². The number of nitrogens with zero attached hydrogens (tertiary/aromatic N) is 3. The van der Waals surface area contributed by atoms with Crippen molar-refractivity contribution < 1.29 is 14.3 Å². The Bertz CT molecular complexity index is 1180. The van der Waals surface area contributed by atoms with Crippen molar-refractivity contribution in [3.05, 3.63) is 52.7 Å². The Hall–Kier alpha value is -2.12. The lowest BCUT2D eigenvalue weighted by Gasteiger charge is -2.26. The highest BCUT2D eigenvalue weighted by Crippen LogP contribution is 2.39. The number of carbonyl (C=O) groups is 1. The number of methoxy groups -OCH3 is 1. The molecule has 9 heteroatoms. The molecular formula is C25H30Cl3N3O3. The molecule has 0 saturated carbocycles. The smallest absolute Gasteiger partial charge is 0.261 e. The highest BCUT2D eigenvalue weighted by Gasteiger charge is 2.34. The second-order valence-corrected chi connectivity index (χ2v) is 8.96. The Balaban J connectivity index is 0.00000162. The molecule has 2 aliphatic rings. The fourth-order valence-electron chi connectivity index (χ4n) is 4.87. The summed E-state index contributed by atoms with van der Waals surface area (Å²) in [5.74, 6) is 1.32. The van der Waals surface area contributed by atoms with Gasteiger partial charge in [0.25, 0.3) is 5.91 Å². The first kappa shape index (κ1) is 26.5. The van der Waals surface area contributed by atoms with E-state index in [-0.39, 0.29) is 30.7 Å². The summed E-state index contributed by atoms with van der Waals surface area (Å²) in [6.07, 6.45) is 3.84. The van der Waals surface area contributed by atoms with E-state index in [1.807, 2.05) is 43.4 Å². The lowest BCUT2D eigenvalue weighted by Crippen LogP contribution is -2.33. The number of likely N-dealkylation sites (tertiary alicyclic amines) is 1. The summed E-state index contributed by atoms with van der Waals surface area (Å²) >= 11 is 6.22. The first-order valence-electron chi connectivity index (χ1n) is 11.2. The zero-order chi connectivity index (χ0) is 22.2. The van der Waals surface area contributed by atoms with Crippen molar-refractivity contribution in [1.29, 1.82) is 0 Å². The van der Waals surface area contributed by atoms with Gasteiger partial charge in [0.2, 0.25) is 0 Å². The molecule has 1 fully saturated rings. The molecule has 6 nitrogen and oxygen atoms in total.